The van der Waals surface area contributed by atoms with Gasteiger partial charge in [0.25, 0.3) is 0 Å². The van der Waals surface area contributed by atoms with Crippen molar-refractivity contribution in [2.45, 2.75) is 104 Å². The van der Waals surface area contributed by atoms with Crippen LogP contribution in [0.3, 0.4) is 0 Å². The number of esters is 1. The largest absolute Gasteiger partial charge is 0.462 e. The number of amides is 4. The zero-order valence-corrected chi connectivity index (χ0v) is 27.1. The van der Waals surface area contributed by atoms with Crippen LogP contribution in [0.2, 0.25) is 0 Å². The van der Waals surface area contributed by atoms with Gasteiger partial charge in [-0.3, -0.25) is 14.4 Å². The molecule has 0 aromatic heterocycles. The van der Waals surface area contributed by atoms with Crippen LogP contribution >= 0.6 is 0 Å². The summed E-state index contributed by atoms with van der Waals surface area (Å²) in [6, 6.07) is 6.35. The highest BCUT2D eigenvalue weighted by atomic mass is 16.6. The monoisotopic (exact) mass is 628 g/mol. The van der Waals surface area contributed by atoms with Crippen molar-refractivity contribution in [3.63, 3.8) is 0 Å². The first-order chi connectivity index (χ1) is 21.2. The van der Waals surface area contributed by atoms with Crippen molar-refractivity contribution < 1.29 is 38.2 Å². The Bertz CT molecular complexity index is 1230. The van der Waals surface area contributed by atoms with Crippen molar-refractivity contribution in [3.8, 4) is 0 Å². The van der Waals surface area contributed by atoms with Crippen LogP contribution in [0.15, 0.2) is 42.0 Å². The average molecular weight is 629 g/mol. The zero-order chi connectivity index (χ0) is 33.1. The lowest BCUT2D eigenvalue weighted by atomic mass is 9.95. The number of carbonyl (C=O) groups excluding carboxylic acids is 5. The molecule has 2 aliphatic heterocycles. The van der Waals surface area contributed by atoms with Crippen molar-refractivity contribution in [1.82, 2.24) is 21.3 Å². The van der Waals surface area contributed by atoms with Gasteiger partial charge in [-0.05, 0) is 58.4 Å². The molecular formula is C33H48N4O8. The summed E-state index contributed by atoms with van der Waals surface area (Å²) in [5, 5.41) is 11.2. The van der Waals surface area contributed by atoms with Gasteiger partial charge in [0, 0.05) is 30.5 Å². The van der Waals surface area contributed by atoms with E-state index in [2.05, 4.69) is 21.3 Å². The van der Waals surface area contributed by atoms with Gasteiger partial charge in [0.15, 0.2) is 0 Å². The Morgan fingerprint density at radius 1 is 1.04 bits per heavy atom. The van der Waals surface area contributed by atoms with Crippen LogP contribution in [-0.4, -0.2) is 72.8 Å². The predicted molar refractivity (Wildman–Crippen MR) is 167 cm³/mol. The van der Waals surface area contributed by atoms with E-state index >= 15 is 0 Å². The van der Waals surface area contributed by atoms with E-state index in [0.717, 1.165) is 5.56 Å². The number of hydrogen-bond acceptors (Lipinski definition) is 8. The van der Waals surface area contributed by atoms with Crippen LogP contribution < -0.4 is 21.3 Å². The second-order valence-electron chi connectivity index (χ2n) is 13.0. The Kier molecular flexibility index (Phi) is 13.0. The van der Waals surface area contributed by atoms with Gasteiger partial charge < -0.3 is 35.5 Å². The van der Waals surface area contributed by atoms with E-state index in [4.69, 9.17) is 14.2 Å². The molecule has 0 aliphatic carbocycles. The molecule has 4 N–H and O–H groups in total. The van der Waals surface area contributed by atoms with Gasteiger partial charge in [0.05, 0.1) is 18.3 Å². The molecule has 0 saturated carbocycles. The molecule has 248 valence electrons. The molecule has 2 aliphatic rings. The van der Waals surface area contributed by atoms with E-state index < -0.39 is 53.7 Å². The summed E-state index contributed by atoms with van der Waals surface area (Å²) in [5.74, 6) is -1.94. The zero-order valence-electron chi connectivity index (χ0n) is 27.1. The van der Waals surface area contributed by atoms with Crippen molar-refractivity contribution in [3.05, 3.63) is 47.5 Å². The molecular weight excluding hydrogens is 580 g/mol. The topological polar surface area (TPSA) is 161 Å². The van der Waals surface area contributed by atoms with Gasteiger partial charge in [0.2, 0.25) is 17.7 Å². The molecule has 5 atom stereocenters. The van der Waals surface area contributed by atoms with E-state index in [1.54, 1.807) is 13.0 Å². The summed E-state index contributed by atoms with van der Waals surface area (Å²) in [7, 11) is 0. The van der Waals surface area contributed by atoms with Gasteiger partial charge in [-0.1, -0.05) is 50.3 Å². The van der Waals surface area contributed by atoms with Crippen LogP contribution in [0, 0.1) is 11.8 Å². The van der Waals surface area contributed by atoms with Gasteiger partial charge in [0.1, 0.15) is 18.7 Å². The number of cyclic esters (lactones) is 1. The summed E-state index contributed by atoms with van der Waals surface area (Å²) in [6.07, 6.45) is 1.69. The van der Waals surface area contributed by atoms with Crippen LogP contribution in [0.25, 0.3) is 0 Å². The number of carbonyl (C=O) groups is 5. The minimum absolute atomic E-state index is 0.0113. The molecule has 1 aromatic carbocycles. The minimum atomic E-state index is -1.18. The third-order valence-corrected chi connectivity index (χ3v) is 7.42. The lowest BCUT2D eigenvalue weighted by molar-refractivity contribution is -0.135. The molecule has 4 amide bonds. The Hall–Kier alpha value is -3.93. The molecule has 45 heavy (non-hydrogen) atoms. The molecule has 0 spiro atoms. The third-order valence-electron chi connectivity index (χ3n) is 7.42. The fraction of sp³-hybridized carbons (Fsp3) is 0.606. The quantitative estimate of drug-likeness (QED) is 0.181. The fourth-order valence-electron chi connectivity index (χ4n) is 5.35. The van der Waals surface area contributed by atoms with Crippen molar-refractivity contribution in [1.29, 1.82) is 0 Å². The first-order valence-corrected chi connectivity index (χ1v) is 15.6. The normalized spacial score (nSPS) is 20.2. The fourth-order valence-corrected chi connectivity index (χ4v) is 5.35. The molecule has 1 unspecified atom stereocenters. The summed E-state index contributed by atoms with van der Waals surface area (Å²) < 4.78 is 16.4. The molecule has 12 nitrogen and oxygen atoms in total. The Balaban J connectivity index is 1.77. The van der Waals surface area contributed by atoms with E-state index in [0.29, 0.717) is 37.8 Å². The SMILES string of the molecule is CC(C)C[C@H](NC(=O)[C@@H](NC(=O)OCc1ccccc1)C(C)OC(C)(C)C)C(=O)N[C@H](C=C1CCOC1=O)C[C@@H]1CCNC1=O. The Morgan fingerprint density at radius 2 is 1.76 bits per heavy atom. The molecule has 2 heterocycles. The third kappa shape index (κ3) is 11.8. The first-order valence-electron chi connectivity index (χ1n) is 15.6. The molecule has 0 radical (unpaired) electrons. The Labute approximate surface area is 265 Å². The number of benzene rings is 1. The van der Waals surface area contributed by atoms with Crippen LogP contribution in [0.1, 0.15) is 72.8 Å². The predicted octanol–water partition coefficient (Wildman–Crippen LogP) is 2.90. The number of ether oxygens (including phenoxy) is 3. The maximum atomic E-state index is 13.7. The molecule has 2 saturated heterocycles. The highest BCUT2D eigenvalue weighted by Gasteiger charge is 2.35. The standard InChI is InChI=1S/C33H48N4O8/c1-20(2)16-26(29(39)35-25(17-23-12-14-34-28(23)38)18-24-13-15-43-31(24)41)36-30(40)27(21(3)45-33(4,5)6)37-32(42)44-19-22-10-8-7-9-11-22/h7-11,18,20-21,23,25-27H,12-17,19H2,1-6H3,(H,34,38)(H,35,39)(H,36,40)(H,37,42)/t21?,23-,25-,26-,27-/m0/s1. The van der Waals surface area contributed by atoms with Crippen LogP contribution in [0.4, 0.5) is 4.79 Å². The van der Waals surface area contributed by atoms with E-state index in [1.807, 2.05) is 65.0 Å². The highest BCUT2D eigenvalue weighted by molar-refractivity contribution is 5.93. The summed E-state index contributed by atoms with van der Waals surface area (Å²) >= 11 is 0. The summed E-state index contributed by atoms with van der Waals surface area (Å²) in [4.78, 5) is 64.8. The molecule has 0 bridgehead atoms. The lowest BCUT2D eigenvalue weighted by Crippen LogP contribution is -2.59. The van der Waals surface area contributed by atoms with Crippen LogP contribution in [0.5, 0.6) is 0 Å². The minimum Gasteiger partial charge on any atom is -0.462 e. The highest BCUT2D eigenvalue weighted by Crippen LogP contribution is 2.21. The molecule has 1 aromatic rings. The Morgan fingerprint density at radius 3 is 2.33 bits per heavy atom. The van der Waals surface area contributed by atoms with E-state index in [1.165, 1.54) is 0 Å². The first kappa shape index (κ1) is 35.5. The second-order valence-corrected chi connectivity index (χ2v) is 13.0. The molecule has 2 fully saturated rings. The smallest absolute Gasteiger partial charge is 0.408 e. The van der Waals surface area contributed by atoms with Crippen molar-refractivity contribution in [2.24, 2.45) is 11.8 Å². The van der Waals surface area contributed by atoms with Gasteiger partial charge >= 0.3 is 12.1 Å². The lowest BCUT2D eigenvalue weighted by Gasteiger charge is -2.32. The average Bonchev–Trinajstić information content (AvgIpc) is 3.56. The maximum Gasteiger partial charge on any atom is 0.408 e. The van der Waals surface area contributed by atoms with Crippen molar-refractivity contribution >= 4 is 29.8 Å². The molecule has 12 heteroatoms. The molecule has 3 rings (SSSR count). The number of nitrogens with one attached hydrogen (secondary N) is 4. The second kappa shape index (κ2) is 16.4. The van der Waals surface area contributed by atoms with Gasteiger partial charge in [-0.2, -0.15) is 0 Å². The van der Waals surface area contributed by atoms with Crippen LogP contribution in [-0.2, 0) is 40.0 Å². The number of alkyl carbamates (subject to hydrolysis) is 1. The number of hydrogen-bond donors (Lipinski definition) is 4. The van der Waals surface area contributed by atoms with Gasteiger partial charge in [-0.25, -0.2) is 9.59 Å². The van der Waals surface area contributed by atoms with E-state index in [9.17, 15) is 24.0 Å². The van der Waals surface area contributed by atoms with Gasteiger partial charge in [-0.15, -0.1) is 0 Å². The number of rotatable bonds is 14. The van der Waals surface area contributed by atoms with E-state index in [-0.39, 0.29) is 31.0 Å². The van der Waals surface area contributed by atoms with Crippen molar-refractivity contribution in [2.75, 3.05) is 13.2 Å². The summed E-state index contributed by atoms with van der Waals surface area (Å²) in [5.41, 5.74) is 0.595. The maximum absolute atomic E-state index is 13.7. The summed E-state index contributed by atoms with van der Waals surface area (Å²) in [6.45, 7) is 11.8.